The van der Waals surface area contributed by atoms with Crippen molar-refractivity contribution < 1.29 is 18.7 Å². The van der Waals surface area contributed by atoms with Crippen molar-refractivity contribution >= 4 is 46.7 Å². The maximum atomic E-state index is 13.9. The van der Waals surface area contributed by atoms with Crippen molar-refractivity contribution in [1.82, 2.24) is 5.43 Å². The Bertz CT molecular complexity index is 1140. The van der Waals surface area contributed by atoms with E-state index in [0.717, 1.165) is 0 Å². The quantitative estimate of drug-likeness (QED) is 0.302. The maximum absolute atomic E-state index is 13.9. The summed E-state index contributed by atoms with van der Waals surface area (Å²) in [6, 6.07) is 17.7. The van der Waals surface area contributed by atoms with Crippen LogP contribution in [0.25, 0.3) is 0 Å². The van der Waals surface area contributed by atoms with Gasteiger partial charge in [-0.25, -0.2) is 9.82 Å². The zero-order chi connectivity index (χ0) is 22.2. The molecule has 0 unspecified atom stereocenters. The summed E-state index contributed by atoms with van der Waals surface area (Å²) in [5.41, 5.74) is 3.73. The molecule has 7 nitrogen and oxygen atoms in total. The third-order valence-corrected chi connectivity index (χ3v) is 4.32. The monoisotopic (exact) mass is 440 g/mol. The van der Waals surface area contributed by atoms with Crippen molar-refractivity contribution in [3.63, 3.8) is 0 Å². The fourth-order valence-corrected chi connectivity index (χ4v) is 2.78. The largest absolute Gasteiger partial charge is 0.495 e. The highest BCUT2D eigenvalue weighted by Crippen LogP contribution is 2.25. The summed E-state index contributed by atoms with van der Waals surface area (Å²) < 4.78 is 19.1. The van der Waals surface area contributed by atoms with E-state index >= 15 is 0 Å². The van der Waals surface area contributed by atoms with E-state index in [-0.39, 0.29) is 5.69 Å². The van der Waals surface area contributed by atoms with Gasteiger partial charge in [-0.05, 0) is 42.5 Å². The topological polar surface area (TPSA) is 91.8 Å². The fraction of sp³-hybridized carbons (Fsp3) is 0.0455. The Hall–Kier alpha value is -3.91. The summed E-state index contributed by atoms with van der Waals surface area (Å²) in [6.45, 7) is 0. The normalized spacial score (nSPS) is 10.5. The van der Waals surface area contributed by atoms with Crippen LogP contribution in [0.5, 0.6) is 5.75 Å². The van der Waals surface area contributed by atoms with Gasteiger partial charge >= 0.3 is 11.8 Å². The Morgan fingerprint density at radius 3 is 2.42 bits per heavy atom. The number of hydrazone groups is 1. The number of para-hydroxylation sites is 3. The van der Waals surface area contributed by atoms with E-state index in [1.807, 2.05) is 0 Å². The molecule has 0 bridgehead atoms. The minimum Gasteiger partial charge on any atom is -0.495 e. The second-order valence-corrected chi connectivity index (χ2v) is 6.63. The third kappa shape index (κ3) is 5.80. The van der Waals surface area contributed by atoms with E-state index in [9.17, 15) is 14.0 Å². The van der Waals surface area contributed by atoms with Crippen LogP contribution in [0, 0.1) is 5.82 Å². The molecule has 31 heavy (non-hydrogen) atoms. The Balaban J connectivity index is 1.69. The second-order valence-electron chi connectivity index (χ2n) is 6.19. The standard InChI is InChI=1S/C22H18ClFN4O3/c1-31-20-9-5-4-8-19(20)27-21(29)22(30)28-25-13-14-12-15(23)10-11-17(14)26-18-7-3-2-6-16(18)24/h2-13,26H,1H3,(H,27,29)(H,28,30)/b25-13-. The van der Waals surface area contributed by atoms with Gasteiger partial charge in [0.2, 0.25) is 0 Å². The predicted octanol–water partition coefficient (Wildman–Crippen LogP) is 4.32. The molecule has 0 aromatic heterocycles. The van der Waals surface area contributed by atoms with Crippen LogP contribution in [0.4, 0.5) is 21.5 Å². The van der Waals surface area contributed by atoms with E-state index in [2.05, 4.69) is 21.2 Å². The van der Waals surface area contributed by atoms with Gasteiger partial charge < -0.3 is 15.4 Å². The number of nitrogens with one attached hydrogen (secondary N) is 3. The highest BCUT2D eigenvalue weighted by atomic mass is 35.5. The van der Waals surface area contributed by atoms with E-state index in [1.54, 1.807) is 60.7 Å². The molecule has 0 saturated carbocycles. The molecule has 9 heteroatoms. The van der Waals surface area contributed by atoms with Gasteiger partial charge in [-0.3, -0.25) is 9.59 Å². The molecule has 3 rings (SSSR count). The van der Waals surface area contributed by atoms with Gasteiger partial charge in [-0.2, -0.15) is 5.10 Å². The number of benzene rings is 3. The number of hydrogen-bond acceptors (Lipinski definition) is 5. The Labute approximate surface area is 182 Å². The average Bonchev–Trinajstić information content (AvgIpc) is 2.77. The summed E-state index contributed by atoms with van der Waals surface area (Å²) in [4.78, 5) is 24.2. The number of carbonyl (C=O) groups excluding carboxylic acids is 2. The van der Waals surface area contributed by atoms with Crippen molar-refractivity contribution in [2.24, 2.45) is 5.10 Å². The molecule has 0 aliphatic carbocycles. The SMILES string of the molecule is COc1ccccc1NC(=O)C(=O)N/N=C\c1cc(Cl)ccc1Nc1ccccc1F. The smallest absolute Gasteiger partial charge is 0.329 e. The van der Waals surface area contributed by atoms with E-state index < -0.39 is 17.6 Å². The number of methoxy groups -OCH3 is 1. The molecule has 0 atom stereocenters. The third-order valence-electron chi connectivity index (χ3n) is 4.09. The van der Waals surface area contributed by atoms with Crippen LogP contribution in [0.3, 0.4) is 0 Å². The lowest BCUT2D eigenvalue weighted by Crippen LogP contribution is -2.32. The number of hydrogen-bond donors (Lipinski definition) is 3. The zero-order valence-corrected chi connectivity index (χ0v) is 17.1. The van der Waals surface area contributed by atoms with Crippen LogP contribution in [-0.4, -0.2) is 25.1 Å². The molecule has 0 saturated heterocycles. The number of rotatable bonds is 6. The van der Waals surface area contributed by atoms with Gasteiger partial charge in [0.1, 0.15) is 11.6 Å². The molecule has 2 amide bonds. The molecule has 3 aromatic rings. The first-order valence-electron chi connectivity index (χ1n) is 9.06. The Kier molecular flexibility index (Phi) is 7.18. The van der Waals surface area contributed by atoms with Crippen molar-refractivity contribution in [3.8, 4) is 5.75 Å². The predicted molar refractivity (Wildman–Crippen MR) is 118 cm³/mol. The van der Waals surface area contributed by atoms with Crippen LogP contribution in [0.1, 0.15) is 5.56 Å². The van der Waals surface area contributed by atoms with Gasteiger partial charge in [0.05, 0.1) is 24.7 Å². The number of anilines is 3. The van der Waals surface area contributed by atoms with Crippen LogP contribution in [-0.2, 0) is 9.59 Å². The number of nitrogens with zero attached hydrogens (tertiary/aromatic N) is 1. The number of ether oxygens (including phenoxy) is 1. The Morgan fingerprint density at radius 1 is 0.968 bits per heavy atom. The molecular formula is C22H18ClFN4O3. The molecule has 0 aliphatic heterocycles. The lowest BCUT2D eigenvalue weighted by Gasteiger charge is -2.11. The summed E-state index contributed by atoms with van der Waals surface area (Å²) in [6.07, 6.45) is 1.29. The highest BCUT2D eigenvalue weighted by Gasteiger charge is 2.15. The molecule has 0 heterocycles. The van der Waals surface area contributed by atoms with Gasteiger partial charge in [0, 0.05) is 16.3 Å². The molecule has 0 spiro atoms. The fourth-order valence-electron chi connectivity index (χ4n) is 2.60. The van der Waals surface area contributed by atoms with E-state index in [0.29, 0.717) is 27.7 Å². The molecule has 3 N–H and O–H groups in total. The van der Waals surface area contributed by atoms with Crippen LogP contribution < -0.4 is 20.8 Å². The van der Waals surface area contributed by atoms with E-state index in [1.165, 1.54) is 19.4 Å². The molecular weight excluding hydrogens is 423 g/mol. The molecule has 0 radical (unpaired) electrons. The van der Waals surface area contributed by atoms with Crippen LogP contribution in [0.2, 0.25) is 5.02 Å². The van der Waals surface area contributed by atoms with Gasteiger partial charge in [0.25, 0.3) is 0 Å². The molecule has 3 aromatic carbocycles. The van der Waals surface area contributed by atoms with Gasteiger partial charge in [0.15, 0.2) is 0 Å². The first kappa shape index (κ1) is 21.8. The van der Waals surface area contributed by atoms with Crippen LogP contribution in [0.15, 0.2) is 71.8 Å². The van der Waals surface area contributed by atoms with Crippen LogP contribution >= 0.6 is 11.6 Å². The summed E-state index contributed by atoms with van der Waals surface area (Å²) in [5.74, 6) is -1.91. The van der Waals surface area contributed by atoms with Gasteiger partial charge in [-0.1, -0.05) is 35.9 Å². The van der Waals surface area contributed by atoms with Gasteiger partial charge in [-0.15, -0.1) is 0 Å². The summed E-state index contributed by atoms with van der Waals surface area (Å²) in [5, 5.41) is 9.61. The summed E-state index contributed by atoms with van der Waals surface area (Å²) >= 11 is 6.04. The minimum atomic E-state index is -0.979. The number of halogens is 2. The van der Waals surface area contributed by atoms with Crippen molar-refractivity contribution in [3.05, 3.63) is 83.1 Å². The number of amides is 2. The lowest BCUT2D eigenvalue weighted by atomic mass is 10.2. The first-order valence-corrected chi connectivity index (χ1v) is 9.44. The summed E-state index contributed by atoms with van der Waals surface area (Å²) in [7, 11) is 1.45. The van der Waals surface area contributed by atoms with Crippen molar-refractivity contribution in [2.75, 3.05) is 17.7 Å². The Morgan fingerprint density at radius 2 is 1.68 bits per heavy atom. The molecule has 0 aliphatic rings. The minimum absolute atomic E-state index is 0.264. The average molecular weight is 441 g/mol. The number of carbonyl (C=O) groups is 2. The maximum Gasteiger partial charge on any atom is 0.329 e. The molecule has 0 fully saturated rings. The second kappa shape index (κ2) is 10.2. The zero-order valence-electron chi connectivity index (χ0n) is 16.4. The lowest BCUT2D eigenvalue weighted by molar-refractivity contribution is -0.136. The highest BCUT2D eigenvalue weighted by molar-refractivity contribution is 6.39. The first-order chi connectivity index (χ1) is 15.0. The van der Waals surface area contributed by atoms with Crippen molar-refractivity contribution in [2.45, 2.75) is 0 Å². The van der Waals surface area contributed by atoms with E-state index in [4.69, 9.17) is 16.3 Å². The molecule has 158 valence electrons. The van der Waals surface area contributed by atoms with Crippen molar-refractivity contribution in [1.29, 1.82) is 0 Å².